The Morgan fingerprint density at radius 1 is 1.41 bits per heavy atom. The molecule has 1 aliphatic rings. The molecule has 17 heavy (non-hydrogen) atoms. The van der Waals surface area contributed by atoms with E-state index in [1.165, 1.54) is 15.9 Å². The van der Waals surface area contributed by atoms with Gasteiger partial charge in [-0.25, -0.2) is 0 Å². The van der Waals surface area contributed by atoms with Crippen LogP contribution in [0.2, 0.25) is 0 Å². The van der Waals surface area contributed by atoms with Crippen molar-refractivity contribution in [1.82, 2.24) is 25.5 Å². The number of nitrogens with one attached hydrogen (secondary N) is 1. The Labute approximate surface area is 99.8 Å². The average molecular weight is 229 g/mol. The predicted molar refractivity (Wildman–Crippen MR) is 63.4 cm³/mol. The number of benzene rings is 1. The van der Waals surface area contributed by atoms with Gasteiger partial charge in [0.25, 0.3) is 0 Å². The van der Waals surface area contributed by atoms with Gasteiger partial charge in [-0.05, 0) is 29.3 Å². The third-order valence-corrected chi connectivity index (χ3v) is 3.15. The van der Waals surface area contributed by atoms with Gasteiger partial charge in [-0.1, -0.05) is 24.3 Å². The number of aromatic nitrogens is 4. The van der Waals surface area contributed by atoms with Crippen molar-refractivity contribution in [3.63, 3.8) is 0 Å². The van der Waals surface area contributed by atoms with Crippen molar-refractivity contribution in [3.05, 3.63) is 41.2 Å². The third-order valence-electron chi connectivity index (χ3n) is 3.15. The van der Waals surface area contributed by atoms with Crippen molar-refractivity contribution < 1.29 is 0 Å². The molecule has 88 valence electrons. The summed E-state index contributed by atoms with van der Waals surface area (Å²) in [5.41, 5.74) is 2.80. The number of hydrogen-bond donors (Lipinski definition) is 1. The summed E-state index contributed by atoms with van der Waals surface area (Å²) < 4.78 is 0. The molecule has 0 saturated carbocycles. The molecule has 2 aromatic rings. The number of tetrazole rings is 1. The summed E-state index contributed by atoms with van der Waals surface area (Å²) in [6.07, 6.45) is 1.89. The zero-order valence-corrected chi connectivity index (χ0v) is 9.80. The van der Waals surface area contributed by atoms with E-state index in [-0.39, 0.29) is 0 Å². The molecule has 0 radical (unpaired) electrons. The first kappa shape index (κ1) is 10.4. The van der Waals surface area contributed by atoms with Crippen LogP contribution in [0.4, 0.5) is 0 Å². The second-order valence-corrected chi connectivity index (χ2v) is 4.35. The molecular weight excluding hydrogens is 214 g/mol. The van der Waals surface area contributed by atoms with E-state index in [2.05, 4.69) is 45.0 Å². The van der Waals surface area contributed by atoms with Gasteiger partial charge in [0.2, 0.25) is 0 Å². The highest BCUT2D eigenvalue weighted by Crippen LogP contribution is 2.24. The highest BCUT2D eigenvalue weighted by Gasteiger charge is 2.20. The van der Waals surface area contributed by atoms with Crippen LogP contribution in [0, 0.1) is 0 Å². The van der Waals surface area contributed by atoms with E-state index in [9.17, 15) is 0 Å². The first-order valence-corrected chi connectivity index (χ1v) is 5.87. The Morgan fingerprint density at radius 3 is 3.12 bits per heavy atom. The molecule has 1 aromatic carbocycles. The second kappa shape index (κ2) is 4.25. The minimum Gasteiger partial charge on any atom is -0.309 e. The smallest absolute Gasteiger partial charge is 0.176 e. The van der Waals surface area contributed by atoms with Gasteiger partial charge < -0.3 is 5.32 Å². The van der Waals surface area contributed by atoms with Gasteiger partial charge in [-0.3, -0.25) is 0 Å². The molecule has 5 heteroatoms. The standard InChI is InChI=1S/C12H15N5/c1-17-15-12(14-16-17)8-11-10-5-3-2-4-9(10)6-7-13-11/h2-5,11,13H,6-8H2,1H3. The van der Waals surface area contributed by atoms with Crippen LogP contribution in [-0.2, 0) is 19.9 Å². The molecule has 0 spiro atoms. The lowest BCUT2D eigenvalue weighted by molar-refractivity contribution is 0.492. The van der Waals surface area contributed by atoms with Crippen LogP contribution in [0.1, 0.15) is 23.0 Å². The molecule has 0 fully saturated rings. The Hall–Kier alpha value is -1.75. The van der Waals surface area contributed by atoms with Crippen LogP contribution >= 0.6 is 0 Å². The molecule has 3 rings (SSSR count). The maximum absolute atomic E-state index is 4.23. The fourth-order valence-corrected chi connectivity index (χ4v) is 2.36. The lowest BCUT2D eigenvalue weighted by Crippen LogP contribution is -2.31. The molecular formula is C12H15N5. The van der Waals surface area contributed by atoms with Crippen LogP contribution in [-0.4, -0.2) is 26.8 Å². The predicted octanol–water partition coefficient (Wildman–Crippen LogP) is 0.640. The summed E-state index contributed by atoms with van der Waals surface area (Å²) in [6, 6.07) is 8.88. The highest BCUT2D eigenvalue weighted by atomic mass is 15.6. The number of nitrogens with zero attached hydrogens (tertiary/aromatic N) is 4. The third kappa shape index (κ3) is 2.06. The van der Waals surface area contributed by atoms with Crippen molar-refractivity contribution in [3.8, 4) is 0 Å². The van der Waals surface area contributed by atoms with Crippen molar-refractivity contribution in [2.75, 3.05) is 6.54 Å². The van der Waals surface area contributed by atoms with E-state index >= 15 is 0 Å². The zero-order valence-electron chi connectivity index (χ0n) is 9.80. The monoisotopic (exact) mass is 229 g/mol. The fourth-order valence-electron chi connectivity index (χ4n) is 2.36. The van der Waals surface area contributed by atoms with E-state index in [0.29, 0.717) is 6.04 Å². The van der Waals surface area contributed by atoms with Crippen LogP contribution in [0.25, 0.3) is 0 Å². The van der Waals surface area contributed by atoms with E-state index in [0.717, 1.165) is 25.2 Å². The van der Waals surface area contributed by atoms with Crippen molar-refractivity contribution in [2.45, 2.75) is 18.9 Å². The summed E-state index contributed by atoms with van der Waals surface area (Å²) in [5.74, 6) is 0.793. The van der Waals surface area contributed by atoms with Gasteiger partial charge in [-0.15, -0.1) is 10.2 Å². The largest absolute Gasteiger partial charge is 0.309 e. The molecule has 1 aliphatic heterocycles. The first-order chi connectivity index (χ1) is 8.33. The summed E-state index contributed by atoms with van der Waals surface area (Å²) in [4.78, 5) is 1.50. The molecule has 0 bridgehead atoms. The van der Waals surface area contributed by atoms with Crippen molar-refractivity contribution in [2.24, 2.45) is 7.05 Å². The minimum absolute atomic E-state index is 0.309. The van der Waals surface area contributed by atoms with Gasteiger partial charge in [0.15, 0.2) is 5.82 Å². The van der Waals surface area contributed by atoms with Crippen LogP contribution in [0.15, 0.2) is 24.3 Å². The molecule has 0 amide bonds. The highest BCUT2D eigenvalue weighted by molar-refractivity contribution is 5.32. The maximum atomic E-state index is 4.23. The first-order valence-electron chi connectivity index (χ1n) is 5.87. The summed E-state index contributed by atoms with van der Waals surface area (Å²) in [6.45, 7) is 1.02. The maximum Gasteiger partial charge on any atom is 0.176 e. The Balaban J connectivity index is 1.85. The lowest BCUT2D eigenvalue weighted by Gasteiger charge is -2.25. The Bertz CT molecular complexity index is 519. The van der Waals surface area contributed by atoms with Gasteiger partial charge in [0.1, 0.15) is 0 Å². The Kier molecular flexibility index (Phi) is 2.60. The summed E-state index contributed by atoms with van der Waals surface area (Å²) in [7, 11) is 1.79. The molecule has 1 unspecified atom stereocenters. The minimum atomic E-state index is 0.309. The zero-order chi connectivity index (χ0) is 11.7. The van der Waals surface area contributed by atoms with Gasteiger partial charge in [0.05, 0.1) is 7.05 Å². The average Bonchev–Trinajstić information content (AvgIpc) is 2.75. The number of fused-ring (bicyclic) bond motifs is 1. The lowest BCUT2D eigenvalue weighted by atomic mass is 9.92. The molecule has 1 aromatic heterocycles. The number of rotatable bonds is 2. The summed E-state index contributed by atoms with van der Waals surface area (Å²) in [5, 5.41) is 15.7. The summed E-state index contributed by atoms with van der Waals surface area (Å²) >= 11 is 0. The molecule has 0 saturated heterocycles. The Morgan fingerprint density at radius 2 is 2.29 bits per heavy atom. The van der Waals surface area contributed by atoms with E-state index in [1.807, 2.05) is 0 Å². The molecule has 1 atom stereocenters. The van der Waals surface area contributed by atoms with E-state index in [4.69, 9.17) is 0 Å². The van der Waals surface area contributed by atoms with Crippen LogP contribution < -0.4 is 5.32 Å². The van der Waals surface area contributed by atoms with Crippen LogP contribution in [0.3, 0.4) is 0 Å². The van der Waals surface area contributed by atoms with Gasteiger partial charge >= 0.3 is 0 Å². The van der Waals surface area contributed by atoms with Crippen molar-refractivity contribution >= 4 is 0 Å². The number of hydrogen-bond acceptors (Lipinski definition) is 4. The molecule has 0 aliphatic carbocycles. The second-order valence-electron chi connectivity index (χ2n) is 4.35. The van der Waals surface area contributed by atoms with Gasteiger partial charge in [0, 0.05) is 12.5 Å². The van der Waals surface area contributed by atoms with Crippen LogP contribution in [0.5, 0.6) is 0 Å². The van der Waals surface area contributed by atoms with Gasteiger partial charge in [-0.2, -0.15) is 4.80 Å². The topological polar surface area (TPSA) is 55.6 Å². The SMILES string of the molecule is Cn1nnc(CC2NCCc3ccccc32)n1. The normalized spacial score (nSPS) is 19.0. The van der Waals surface area contributed by atoms with E-state index < -0.39 is 0 Å². The van der Waals surface area contributed by atoms with Crippen molar-refractivity contribution in [1.29, 1.82) is 0 Å². The molecule has 2 heterocycles. The molecule has 5 nitrogen and oxygen atoms in total. The molecule has 1 N–H and O–H groups in total. The number of aryl methyl sites for hydroxylation is 1. The van der Waals surface area contributed by atoms with E-state index in [1.54, 1.807) is 7.05 Å². The fraction of sp³-hybridized carbons (Fsp3) is 0.417. The quantitative estimate of drug-likeness (QED) is 0.821.